The lowest BCUT2D eigenvalue weighted by Gasteiger charge is -2.12. The molecule has 32 heavy (non-hydrogen) atoms. The number of thiophene rings is 1. The molecule has 1 aromatic carbocycles. The van der Waals surface area contributed by atoms with Crippen LogP contribution in [0.4, 0.5) is 10.1 Å². The molecule has 166 valence electrons. The minimum atomic E-state index is -0.379. The van der Waals surface area contributed by atoms with Gasteiger partial charge in [-0.25, -0.2) is 9.37 Å². The van der Waals surface area contributed by atoms with Gasteiger partial charge in [0.15, 0.2) is 10.7 Å². The first-order valence-electron chi connectivity index (χ1n) is 10.1. The smallest absolute Gasteiger partial charge is 0.280 e. The van der Waals surface area contributed by atoms with Gasteiger partial charge in [0.25, 0.3) is 5.56 Å². The molecule has 4 rings (SSSR count). The van der Waals surface area contributed by atoms with Gasteiger partial charge in [0, 0.05) is 17.1 Å². The number of carbonyl (C=O) groups excluding carboxylic acids is 1. The summed E-state index contributed by atoms with van der Waals surface area (Å²) in [6.07, 6.45) is 0. The lowest BCUT2D eigenvalue weighted by molar-refractivity contribution is -0.113. The van der Waals surface area contributed by atoms with Crippen LogP contribution >= 0.6 is 23.1 Å². The number of aromatic nitrogens is 4. The molecule has 0 spiro atoms. The Kier molecular flexibility index (Phi) is 6.43. The van der Waals surface area contributed by atoms with E-state index in [1.807, 2.05) is 31.4 Å². The Morgan fingerprint density at radius 1 is 1.28 bits per heavy atom. The Morgan fingerprint density at radius 3 is 2.78 bits per heavy atom. The number of nitrogens with zero attached hydrogens (tertiary/aromatic N) is 4. The fourth-order valence-electron chi connectivity index (χ4n) is 3.32. The van der Waals surface area contributed by atoms with Crippen LogP contribution in [0.25, 0.3) is 11.0 Å². The monoisotopic (exact) mass is 471 g/mol. The number of aryl methyl sites for hydroxylation is 3. The standard InChI is InChI=1S/C22H22FN5O2S2/c1-4-28-20-19(14(3)26-28)25-22(27(21(20)30)11-16-6-5-9-31-16)32-12-18(29)24-15-8-7-13(2)17(23)10-15/h5-10H,4,11-12H2,1-3H3,(H,24,29). The highest BCUT2D eigenvalue weighted by Crippen LogP contribution is 2.22. The third kappa shape index (κ3) is 4.46. The normalized spacial score (nSPS) is 11.2. The van der Waals surface area contributed by atoms with Crippen molar-refractivity contribution in [1.82, 2.24) is 19.3 Å². The first-order chi connectivity index (χ1) is 15.4. The lowest BCUT2D eigenvalue weighted by Crippen LogP contribution is -2.26. The minimum absolute atomic E-state index is 0.0266. The molecule has 0 aliphatic heterocycles. The third-order valence-electron chi connectivity index (χ3n) is 4.96. The summed E-state index contributed by atoms with van der Waals surface area (Å²) in [4.78, 5) is 31.6. The largest absolute Gasteiger partial charge is 0.325 e. The molecule has 0 saturated heterocycles. The van der Waals surface area contributed by atoms with Crippen LogP contribution in [0.5, 0.6) is 0 Å². The molecule has 3 heterocycles. The van der Waals surface area contributed by atoms with Crippen LogP contribution in [0.1, 0.15) is 23.1 Å². The van der Waals surface area contributed by atoms with Crippen LogP contribution in [0.2, 0.25) is 0 Å². The summed E-state index contributed by atoms with van der Waals surface area (Å²) in [6.45, 7) is 6.32. The first kappa shape index (κ1) is 22.2. The number of carbonyl (C=O) groups is 1. The van der Waals surface area contributed by atoms with Crippen molar-refractivity contribution in [3.8, 4) is 0 Å². The fraction of sp³-hybridized carbons (Fsp3) is 0.273. The summed E-state index contributed by atoms with van der Waals surface area (Å²) in [7, 11) is 0. The van der Waals surface area contributed by atoms with Crippen LogP contribution in [-0.4, -0.2) is 31.0 Å². The molecule has 0 radical (unpaired) electrons. The molecule has 0 fully saturated rings. The van der Waals surface area contributed by atoms with E-state index in [-0.39, 0.29) is 23.0 Å². The zero-order valence-corrected chi connectivity index (χ0v) is 19.5. The number of thioether (sulfide) groups is 1. The van der Waals surface area contributed by atoms with Gasteiger partial charge in [-0.3, -0.25) is 18.8 Å². The van der Waals surface area contributed by atoms with Crippen molar-refractivity contribution in [2.24, 2.45) is 0 Å². The van der Waals surface area contributed by atoms with Gasteiger partial charge >= 0.3 is 0 Å². The molecule has 1 amide bonds. The average molecular weight is 472 g/mol. The maximum atomic E-state index is 13.8. The van der Waals surface area contributed by atoms with Gasteiger partial charge in [-0.1, -0.05) is 23.9 Å². The van der Waals surface area contributed by atoms with Gasteiger partial charge in [0.2, 0.25) is 5.91 Å². The second kappa shape index (κ2) is 9.25. The molecule has 0 saturated carbocycles. The van der Waals surface area contributed by atoms with E-state index in [0.29, 0.717) is 46.2 Å². The van der Waals surface area contributed by atoms with Crippen LogP contribution in [0, 0.1) is 19.7 Å². The Bertz CT molecular complexity index is 1340. The number of nitrogens with one attached hydrogen (secondary N) is 1. The number of fused-ring (bicyclic) bond motifs is 1. The van der Waals surface area contributed by atoms with Crippen molar-refractivity contribution in [1.29, 1.82) is 0 Å². The number of rotatable bonds is 7. The second-order valence-electron chi connectivity index (χ2n) is 7.26. The van der Waals surface area contributed by atoms with Crippen LogP contribution in [0.3, 0.4) is 0 Å². The van der Waals surface area contributed by atoms with E-state index in [0.717, 1.165) is 4.88 Å². The third-order valence-corrected chi connectivity index (χ3v) is 6.80. The van der Waals surface area contributed by atoms with E-state index in [4.69, 9.17) is 4.98 Å². The van der Waals surface area contributed by atoms with Gasteiger partial charge < -0.3 is 5.32 Å². The summed E-state index contributed by atoms with van der Waals surface area (Å²) in [6, 6.07) is 8.44. The first-order valence-corrected chi connectivity index (χ1v) is 11.9. The number of hydrogen-bond donors (Lipinski definition) is 1. The van der Waals surface area contributed by atoms with Crippen molar-refractivity contribution in [3.63, 3.8) is 0 Å². The van der Waals surface area contributed by atoms with Crippen molar-refractivity contribution in [2.45, 2.75) is 39.0 Å². The quantitative estimate of drug-likeness (QED) is 0.323. The Morgan fingerprint density at radius 2 is 2.09 bits per heavy atom. The molecule has 0 atom stereocenters. The van der Waals surface area contributed by atoms with Crippen LogP contribution < -0.4 is 10.9 Å². The molecule has 0 unspecified atom stereocenters. The number of hydrogen-bond acceptors (Lipinski definition) is 6. The van der Waals surface area contributed by atoms with E-state index < -0.39 is 0 Å². The van der Waals surface area contributed by atoms with E-state index >= 15 is 0 Å². The summed E-state index contributed by atoms with van der Waals surface area (Å²) < 4.78 is 17.0. The molecule has 1 N–H and O–H groups in total. The molecule has 0 aliphatic carbocycles. The maximum absolute atomic E-state index is 13.8. The number of halogens is 1. The summed E-state index contributed by atoms with van der Waals surface area (Å²) >= 11 is 2.72. The predicted molar refractivity (Wildman–Crippen MR) is 126 cm³/mol. The summed E-state index contributed by atoms with van der Waals surface area (Å²) in [5.74, 6) is -0.661. The molecule has 4 aromatic rings. The lowest BCUT2D eigenvalue weighted by atomic mass is 10.2. The van der Waals surface area contributed by atoms with Crippen molar-refractivity contribution in [2.75, 3.05) is 11.1 Å². The van der Waals surface area contributed by atoms with E-state index in [2.05, 4.69) is 10.4 Å². The average Bonchev–Trinajstić information content (AvgIpc) is 3.39. The Balaban J connectivity index is 1.64. The molecular weight excluding hydrogens is 449 g/mol. The topological polar surface area (TPSA) is 81.8 Å². The van der Waals surface area contributed by atoms with Crippen molar-refractivity contribution >= 4 is 45.7 Å². The van der Waals surface area contributed by atoms with Gasteiger partial charge in [-0.2, -0.15) is 5.10 Å². The van der Waals surface area contributed by atoms with Crippen molar-refractivity contribution < 1.29 is 9.18 Å². The van der Waals surface area contributed by atoms with Crippen molar-refractivity contribution in [3.05, 3.63) is 68.0 Å². The van der Waals surface area contributed by atoms with Crippen LogP contribution in [-0.2, 0) is 17.9 Å². The van der Waals surface area contributed by atoms with Gasteiger partial charge in [-0.05, 0) is 49.9 Å². The zero-order valence-electron chi connectivity index (χ0n) is 17.9. The Hall–Kier alpha value is -2.98. The van der Waals surface area contributed by atoms with Crippen LogP contribution in [0.15, 0.2) is 45.7 Å². The Labute approximate surface area is 192 Å². The second-order valence-corrected chi connectivity index (χ2v) is 9.24. The van der Waals surface area contributed by atoms with Gasteiger partial charge in [-0.15, -0.1) is 11.3 Å². The molecule has 7 nitrogen and oxygen atoms in total. The summed E-state index contributed by atoms with van der Waals surface area (Å²) in [5.41, 5.74) is 2.39. The number of benzene rings is 1. The molecule has 0 bridgehead atoms. The number of anilines is 1. The summed E-state index contributed by atoms with van der Waals surface area (Å²) in [5, 5.41) is 9.52. The van der Waals surface area contributed by atoms with E-state index in [9.17, 15) is 14.0 Å². The molecule has 3 aromatic heterocycles. The van der Waals surface area contributed by atoms with Gasteiger partial charge in [0.05, 0.1) is 18.0 Å². The van der Waals surface area contributed by atoms with E-state index in [1.54, 1.807) is 39.6 Å². The maximum Gasteiger partial charge on any atom is 0.280 e. The highest BCUT2D eigenvalue weighted by molar-refractivity contribution is 7.99. The van der Waals surface area contributed by atoms with Gasteiger partial charge in [0.1, 0.15) is 11.3 Å². The molecular formula is C22H22FN5O2S2. The molecule has 10 heteroatoms. The zero-order chi connectivity index (χ0) is 22.8. The minimum Gasteiger partial charge on any atom is -0.325 e. The fourth-order valence-corrected chi connectivity index (χ4v) is 4.81. The highest BCUT2D eigenvalue weighted by Gasteiger charge is 2.19. The predicted octanol–water partition coefficient (Wildman–Crippen LogP) is 4.21. The number of amides is 1. The molecule has 0 aliphatic rings. The highest BCUT2D eigenvalue weighted by atomic mass is 32.2. The van der Waals surface area contributed by atoms with E-state index in [1.165, 1.54) is 17.8 Å². The SMILES string of the molecule is CCn1nc(C)c2nc(SCC(=O)Nc3ccc(C)c(F)c3)n(Cc3cccs3)c(=O)c21.